The molecule has 0 heterocycles. The first-order valence-electron chi connectivity index (χ1n) is 4.68. The third-order valence-electron chi connectivity index (χ3n) is 1.54. The second-order valence-corrected chi connectivity index (χ2v) is 4.29. The second kappa shape index (κ2) is 5.35. The van der Waals surface area contributed by atoms with Crippen molar-refractivity contribution in [2.24, 2.45) is 0 Å². The zero-order valence-electron chi connectivity index (χ0n) is 9.59. The van der Waals surface area contributed by atoms with Crippen LogP contribution in [-0.2, 0) is 14.3 Å². The Labute approximate surface area is 95.9 Å². The number of hydrogen-bond acceptors (Lipinski definition) is 3. The largest absolute Gasteiger partial charge is 0.480 e. The SMILES string of the molecule is CC(C)(C)OC[C@@H](NC(=O)C(F)(F)F)C(=O)O. The van der Waals surface area contributed by atoms with Crippen molar-refractivity contribution in [3.05, 3.63) is 0 Å². The Morgan fingerprint density at radius 2 is 1.76 bits per heavy atom. The highest BCUT2D eigenvalue weighted by molar-refractivity contribution is 5.86. The van der Waals surface area contributed by atoms with Gasteiger partial charge in [-0.2, -0.15) is 13.2 Å². The van der Waals surface area contributed by atoms with E-state index < -0.39 is 36.3 Å². The highest BCUT2D eigenvalue weighted by atomic mass is 19.4. The van der Waals surface area contributed by atoms with Crippen molar-refractivity contribution < 1.29 is 32.6 Å². The zero-order chi connectivity index (χ0) is 13.9. The maximum atomic E-state index is 11.9. The summed E-state index contributed by atoms with van der Waals surface area (Å²) in [6, 6.07) is -1.73. The van der Waals surface area contributed by atoms with Gasteiger partial charge in [-0.3, -0.25) is 4.79 Å². The molecular formula is C9H14F3NO4. The highest BCUT2D eigenvalue weighted by Gasteiger charge is 2.41. The summed E-state index contributed by atoms with van der Waals surface area (Å²) >= 11 is 0. The molecule has 2 N–H and O–H groups in total. The van der Waals surface area contributed by atoms with Gasteiger partial charge in [-0.15, -0.1) is 0 Å². The molecular weight excluding hydrogens is 243 g/mol. The number of nitrogens with one attached hydrogen (secondary N) is 1. The minimum Gasteiger partial charge on any atom is -0.480 e. The molecule has 1 atom stereocenters. The first-order valence-corrected chi connectivity index (χ1v) is 4.68. The fraction of sp³-hybridized carbons (Fsp3) is 0.778. The van der Waals surface area contributed by atoms with Gasteiger partial charge < -0.3 is 15.2 Å². The topological polar surface area (TPSA) is 75.6 Å². The number of amides is 1. The number of rotatable bonds is 4. The fourth-order valence-corrected chi connectivity index (χ4v) is 0.748. The van der Waals surface area contributed by atoms with Crippen LogP contribution >= 0.6 is 0 Å². The molecule has 8 heteroatoms. The summed E-state index contributed by atoms with van der Waals surface area (Å²) in [4.78, 5) is 21.2. The van der Waals surface area contributed by atoms with E-state index in [0.29, 0.717) is 0 Å². The smallest absolute Gasteiger partial charge is 0.471 e. The number of carboxylic acid groups (broad SMARTS) is 1. The summed E-state index contributed by atoms with van der Waals surface area (Å²) in [6.07, 6.45) is -5.12. The van der Waals surface area contributed by atoms with Crippen LogP contribution < -0.4 is 5.32 Å². The van der Waals surface area contributed by atoms with Gasteiger partial charge in [0.05, 0.1) is 12.2 Å². The number of ether oxygens (including phenoxy) is 1. The molecule has 5 nitrogen and oxygen atoms in total. The molecule has 0 unspecified atom stereocenters. The standard InChI is InChI=1S/C9H14F3NO4/c1-8(2,3)17-4-5(6(14)15)13-7(16)9(10,11)12/h5H,4H2,1-3H3,(H,13,16)(H,14,15)/t5-/m1/s1. The molecule has 0 aliphatic carbocycles. The van der Waals surface area contributed by atoms with Crippen molar-refractivity contribution in [3.63, 3.8) is 0 Å². The van der Waals surface area contributed by atoms with Crippen LogP contribution in [0.1, 0.15) is 20.8 Å². The molecule has 0 radical (unpaired) electrons. The Hall–Kier alpha value is -1.31. The van der Waals surface area contributed by atoms with Crippen molar-refractivity contribution in [1.82, 2.24) is 5.32 Å². The van der Waals surface area contributed by atoms with Gasteiger partial charge in [0.25, 0.3) is 0 Å². The van der Waals surface area contributed by atoms with Gasteiger partial charge in [-0.25, -0.2) is 4.79 Å². The number of hydrogen-bond donors (Lipinski definition) is 2. The summed E-state index contributed by atoms with van der Waals surface area (Å²) < 4.78 is 40.7. The van der Waals surface area contributed by atoms with Gasteiger partial charge in [0, 0.05) is 0 Å². The number of carbonyl (C=O) groups excluding carboxylic acids is 1. The van der Waals surface area contributed by atoms with E-state index in [1.54, 1.807) is 20.8 Å². The molecule has 0 aliphatic rings. The zero-order valence-corrected chi connectivity index (χ0v) is 9.59. The quantitative estimate of drug-likeness (QED) is 0.785. The van der Waals surface area contributed by atoms with Crippen LogP contribution in [0.4, 0.5) is 13.2 Å². The Bertz CT molecular complexity index is 296. The van der Waals surface area contributed by atoms with E-state index in [4.69, 9.17) is 9.84 Å². The molecule has 0 aliphatic heterocycles. The van der Waals surface area contributed by atoms with Gasteiger partial charge in [-0.05, 0) is 20.8 Å². The van der Waals surface area contributed by atoms with E-state index in [1.807, 2.05) is 0 Å². The summed E-state index contributed by atoms with van der Waals surface area (Å²) in [5.41, 5.74) is -0.712. The molecule has 0 fully saturated rings. The van der Waals surface area contributed by atoms with Gasteiger partial charge in [0.1, 0.15) is 0 Å². The Kier molecular flexibility index (Phi) is 4.94. The second-order valence-electron chi connectivity index (χ2n) is 4.29. The number of aliphatic carboxylic acids is 1. The van der Waals surface area contributed by atoms with Crippen molar-refractivity contribution >= 4 is 11.9 Å². The lowest BCUT2D eigenvalue weighted by molar-refractivity contribution is -0.176. The van der Waals surface area contributed by atoms with Gasteiger partial charge in [0.15, 0.2) is 6.04 Å². The normalized spacial score (nSPS) is 14.2. The molecule has 0 rings (SSSR count). The number of carboxylic acids is 1. The summed E-state index contributed by atoms with van der Waals surface area (Å²) in [7, 11) is 0. The third kappa shape index (κ3) is 6.77. The molecule has 0 spiro atoms. The van der Waals surface area contributed by atoms with Crippen molar-refractivity contribution in [2.45, 2.75) is 38.6 Å². The third-order valence-corrected chi connectivity index (χ3v) is 1.54. The maximum absolute atomic E-state index is 11.9. The van der Waals surface area contributed by atoms with Gasteiger partial charge in [-0.1, -0.05) is 0 Å². The lowest BCUT2D eigenvalue weighted by Gasteiger charge is -2.23. The summed E-state index contributed by atoms with van der Waals surface area (Å²) in [5.74, 6) is -3.89. The molecule has 0 aromatic carbocycles. The first-order chi connectivity index (χ1) is 7.43. The Morgan fingerprint density at radius 3 is 2.06 bits per heavy atom. The molecule has 0 aromatic heterocycles. The highest BCUT2D eigenvalue weighted by Crippen LogP contribution is 2.15. The lowest BCUT2D eigenvalue weighted by Crippen LogP contribution is -2.49. The monoisotopic (exact) mass is 257 g/mol. The molecule has 0 bridgehead atoms. The van der Waals surface area contributed by atoms with Crippen LogP contribution in [0.5, 0.6) is 0 Å². The van der Waals surface area contributed by atoms with E-state index in [-0.39, 0.29) is 0 Å². The van der Waals surface area contributed by atoms with Crippen LogP contribution in [0.15, 0.2) is 0 Å². The van der Waals surface area contributed by atoms with E-state index in [0.717, 1.165) is 0 Å². The average Bonchev–Trinajstić information content (AvgIpc) is 2.07. The minimum absolute atomic E-state index is 0.541. The van der Waals surface area contributed by atoms with Gasteiger partial charge in [0.2, 0.25) is 0 Å². The van der Waals surface area contributed by atoms with Crippen molar-refractivity contribution in [2.75, 3.05) is 6.61 Å². The summed E-state index contributed by atoms with van der Waals surface area (Å²) in [5, 5.41) is 9.96. The fourth-order valence-electron chi connectivity index (χ4n) is 0.748. The minimum atomic E-state index is -5.12. The molecule has 0 saturated heterocycles. The van der Waals surface area contributed by atoms with Crippen LogP contribution in [0.25, 0.3) is 0 Å². The maximum Gasteiger partial charge on any atom is 0.471 e. The van der Waals surface area contributed by atoms with Crippen LogP contribution in [0.3, 0.4) is 0 Å². The average molecular weight is 257 g/mol. The molecule has 0 saturated carbocycles. The first kappa shape index (κ1) is 15.7. The van der Waals surface area contributed by atoms with E-state index in [9.17, 15) is 22.8 Å². The predicted molar refractivity (Wildman–Crippen MR) is 51.3 cm³/mol. The van der Waals surface area contributed by atoms with E-state index >= 15 is 0 Å². The van der Waals surface area contributed by atoms with Crippen molar-refractivity contribution in [1.29, 1.82) is 0 Å². The van der Waals surface area contributed by atoms with E-state index in [1.165, 1.54) is 5.32 Å². The van der Waals surface area contributed by atoms with Crippen LogP contribution in [0, 0.1) is 0 Å². The Balaban J connectivity index is 4.47. The predicted octanol–water partition coefficient (Wildman–Crippen LogP) is 0.933. The molecule has 1 amide bonds. The molecule has 17 heavy (non-hydrogen) atoms. The summed E-state index contributed by atoms with van der Waals surface area (Å²) in [6.45, 7) is 4.28. The number of carbonyl (C=O) groups is 2. The van der Waals surface area contributed by atoms with Crippen LogP contribution in [-0.4, -0.2) is 41.4 Å². The van der Waals surface area contributed by atoms with Crippen LogP contribution in [0.2, 0.25) is 0 Å². The van der Waals surface area contributed by atoms with Gasteiger partial charge >= 0.3 is 18.1 Å². The number of alkyl halides is 3. The van der Waals surface area contributed by atoms with E-state index in [2.05, 4.69) is 0 Å². The molecule has 0 aromatic rings. The molecule has 100 valence electrons. The van der Waals surface area contributed by atoms with Crippen molar-refractivity contribution in [3.8, 4) is 0 Å². The number of halogens is 3. The lowest BCUT2D eigenvalue weighted by atomic mass is 10.2. The Morgan fingerprint density at radius 1 is 1.29 bits per heavy atom.